The maximum absolute atomic E-state index is 10.8. The average molecular weight is 430 g/mol. The lowest BCUT2D eigenvalue weighted by molar-refractivity contribution is -0.384. The van der Waals surface area contributed by atoms with Gasteiger partial charge < -0.3 is 0 Å². The van der Waals surface area contributed by atoms with Crippen molar-refractivity contribution in [3.8, 4) is 0 Å². The lowest BCUT2D eigenvalue weighted by atomic mass is 10.2. The molecule has 0 radical (unpaired) electrons. The molecular weight excluding hydrogens is 414 g/mol. The number of rotatable bonds is 5. The number of hydrogen-bond acceptors (Lipinski definition) is 8. The van der Waals surface area contributed by atoms with Gasteiger partial charge in [0.15, 0.2) is 16.0 Å². The van der Waals surface area contributed by atoms with E-state index in [1.807, 2.05) is 10.7 Å². The largest absolute Gasteiger partial charge is 0.269 e. The highest BCUT2D eigenvalue weighted by molar-refractivity contribution is 7.99. The van der Waals surface area contributed by atoms with Crippen molar-refractivity contribution in [3.05, 3.63) is 50.4 Å². The predicted molar refractivity (Wildman–Crippen MR) is 113 cm³/mol. The van der Waals surface area contributed by atoms with Crippen LogP contribution in [0.3, 0.4) is 0 Å². The third-order valence-corrected chi connectivity index (χ3v) is 7.67. The topological polar surface area (TPSA) is 86.2 Å². The molecule has 5 rings (SSSR count). The second-order valence-electron chi connectivity index (χ2n) is 6.49. The smallest absolute Gasteiger partial charge is 0.258 e. The molecule has 10 heteroatoms. The normalized spacial score (nSPS) is 13.5. The Hall–Kier alpha value is -2.17. The molecule has 0 atom stereocenters. The van der Waals surface area contributed by atoms with Gasteiger partial charge in [0.1, 0.15) is 4.83 Å². The van der Waals surface area contributed by atoms with Gasteiger partial charge in [0, 0.05) is 22.8 Å². The number of aromatic nitrogens is 4. The fourth-order valence-electron chi connectivity index (χ4n) is 3.53. The highest BCUT2D eigenvalue weighted by Crippen LogP contribution is 2.40. The van der Waals surface area contributed by atoms with Crippen LogP contribution in [-0.2, 0) is 18.6 Å². The molecule has 0 saturated carbocycles. The minimum absolute atomic E-state index is 0.101. The van der Waals surface area contributed by atoms with Crippen molar-refractivity contribution >= 4 is 56.4 Å². The van der Waals surface area contributed by atoms with Gasteiger partial charge in [0.2, 0.25) is 0 Å². The van der Waals surface area contributed by atoms with E-state index < -0.39 is 0 Å². The maximum Gasteiger partial charge on any atom is 0.269 e. The molecule has 1 aromatic carbocycles. The molecule has 28 heavy (non-hydrogen) atoms. The molecule has 142 valence electrons. The van der Waals surface area contributed by atoms with Crippen molar-refractivity contribution in [3.63, 3.8) is 0 Å². The molecule has 7 nitrogen and oxygen atoms in total. The summed E-state index contributed by atoms with van der Waals surface area (Å²) >= 11 is 4.94. The van der Waals surface area contributed by atoms with Gasteiger partial charge in [0.05, 0.1) is 10.3 Å². The number of benzene rings is 1. The summed E-state index contributed by atoms with van der Waals surface area (Å²) in [5, 5.41) is 22.6. The number of nitrogens with zero attached hydrogens (tertiary/aromatic N) is 5. The van der Waals surface area contributed by atoms with Gasteiger partial charge in [-0.15, -0.1) is 21.5 Å². The molecule has 0 amide bonds. The Balaban J connectivity index is 1.53. The Morgan fingerprint density at radius 2 is 2.04 bits per heavy atom. The Morgan fingerprint density at radius 3 is 2.79 bits per heavy atom. The van der Waals surface area contributed by atoms with Gasteiger partial charge in [-0.25, -0.2) is 9.38 Å². The van der Waals surface area contributed by atoms with Crippen molar-refractivity contribution in [1.82, 2.24) is 19.6 Å². The molecule has 0 saturated heterocycles. The number of nitro groups is 1. The van der Waals surface area contributed by atoms with Gasteiger partial charge in [-0.1, -0.05) is 35.7 Å². The third kappa shape index (κ3) is 2.87. The van der Waals surface area contributed by atoms with E-state index in [1.165, 1.54) is 29.0 Å². The van der Waals surface area contributed by atoms with E-state index in [4.69, 9.17) is 4.98 Å². The zero-order valence-electron chi connectivity index (χ0n) is 14.9. The van der Waals surface area contributed by atoms with Gasteiger partial charge in [-0.2, -0.15) is 0 Å². The Kier molecular flexibility index (Phi) is 4.48. The summed E-state index contributed by atoms with van der Waals surface area (Å²) in [5.41, 5.74) is 3.39. The van der Waals surface area contributed by atoms with Crippen LogP contribution in [0.25, 0.3) is 15.9 Å². The number of nitro benzene ring substituents is 1. The summed E-state index contributed by atoms with van der Waals surface area (Å²) in [7, 11) is 0. The first-order chi connectivity index (χ1) is 13.7. The zero-order chi connectivity index (χ0) is 19.3. The minimum Gasteiger partial charge on any atom is -0.258 e. The predicted octanol–water partition coefficient (Wildman–Crippen LogP) is 4.75. The summed E-state index contributed by atoms with van der Waals surface area (Å²) in [6, 6.07) is 6.63. The van der Waals surface area contributed by atoms with E-state index in [2.05, 4.69) is 10.2 Å². The number of non-ortho nitro benzene ring substituents is 1. The van der Waals surface area contributed by atoms with Gasteiger partial charge >= 0.3 is 0 Å². The van der Waals surface area contributed by atoms with E-state index in [0.29, 0.717) is 5.75 Å². The lowest BCUT2D eigenvalue weighted by Gasteiger charge is -2.06. The van der Waals surface area contributed by atoms with Gasteiger partial charge in [-0.05, 0) is 36.6 Å². The molecule has 0 unspecified atom stereocenters. The number of thioether (sulfide) groups is 2. The zero-order valence-corrected chi connectivity index (χ0v) is 17.4. The fourth-order valence-corrected chi connectivity index (χ4v) is 6.33. The van der Waals surface area contributed by atoms with Crippen LogP contribution < -0.4 is 0 Å². The molecule has 0 aliphatic heterocycles. The quantitative estimate of drug-likeness (QED) is 0.196. The van der Waals surface area contributed by atoms with Crippen LogP contribution in [-0.4, -0.2) is 30.8 Å². The molecular formula is C18H15N5O2S3. The number of hydrogen-bond donors (Lipinski definition) is 0. The van der Waals surface area contributed by atoms with Crippen molar-refractivity contribution in [2.75, 3.05) is 6.26 Å². The van der Waals surface area contributed by atoms with Crippen LogP contribution in [0.2, 0.25) is 0 Å². The minimum atomic E-state index is -0.385. The van der Waals surface area contributed by atoms with E-state index >= 15 is 0 Å². The van der Waals surface area contributed by atoms with E-state index in [9.17, 15) is 10.1 Å². The molecule has 3 heterocycles. The Morgan fingerprint density at radius 1 is 1.21 bits per heavy atom. The number of aryl methyl sites for hydroxylation is 2. The molecule has 1 aliphatic rings. The standard InChI is InChI=1S/C18H15N5O2S3/c1-26-17-19-16-14(12-3-2-4-13(12)28-16)15-20-21-18(22(15)17)27-9-10-5-7-11(8-6-10)23(24)25/h5-8H,2-4,9H2,1H3. The molecule has 1 aliphatic carbocycles. The Labute approximate surface area is 172 Å². The maximum atomic E-state index is 10.8. The van der Waals surface area contributed by atoms with Crippen LogP contribution in [0.1, 0.15) is 22.4 Å². The second kappa shape index (κ2) is 7.02. The molecule has 4 aromatic rings. The number of fused-ring (bicyclic) bond motifs is 5. The van der Waals surface area contributed by atoms with E-state index in [0.717, 1.165) is 44.6 Å². The van der Waals surface area contributed by atoms with Gasteiger partial charge in [0.25, 0.3) is 5.69 Å². The fraction of sp³-hybridized carbons (Fsp3) is 0.278. The summed E-state index contributed by atoms with van der Waals surface area (Å²) < 4.78 is 2.05. The lowest BCUT2D eigenvalue weighted by Crippen LogP contribution is -1.97. The third-order valence-electron chi connectivity index (χ3n) is 4.85. The van der Waals surface area contributed by atoms with Crippen LogP contribution >= 0.6 is 34.9 Å². The van der Waals surface area contributed by atoms with E-state index in [1.54, 1.807) is 47.0 Å². The SMILES string of the molecule is CSc1nc2sc3c(c2c2nnc(SCc4ccc([N+](=O)[O-])cc4)n12)CCC3. The first kappa shape index (κ1) is 17.9. The van der Waals surface area contributed by atoms with Crippen LogP contribution in [0.15, 0.2) is 34.6 Å². The van der Waals surface area contributed by atoms with Crippen LogP contribution in [0.4, 0.5) is 5.69 Å². The first-order valence-corrected chi connectivity index (χ1v) is 11.8. The average Bonchev–Trinajstić information content (AvgIpc) is 3.39. The summed E-state index contributed by atoms with van der Waals surface area (Å²) in [6.45, 7) is 0. The summed E-state index contributed by atoms with van der Waals surface area (Å²) in [5.74, 6) is 0.659. The van der Waals surface area contributed by atoms with Crippen LogP contribution in [0, 0.1) is 10.1 Å². The molecule has 0 N–H and O–H groups in total. The monoisotopic (exact) mass is 429 g/mol. The highest BCUT2D eigenvalue weighted by Gasteiger charge is 2.24. The van der Waals surface area contributed by atoms with Crippen molar-refractivity contribution in [2.24, 2.45) is 0 Å². The molecule has 3 aromatic heterocycles. The van der Waals surface area contributed by atoms with Crippen molar-refractivity contribution in [1.29, 1.82) is 0 Å². The molecule has 0 spiro atoms. The summed E-state index contributed by atoms with van der Waals surface area (Å²) in [6.07, 6.45) is 5.43. The second-order valence-corrected chi connectivity index (χ2v) is 9.29. The molecule has 0 bridgehead atoms. The molecule has 0 fully saturated rings. The highest BCUT2D eigenvalue weighted by atomic mass is 32.2. The van der Waals surface area contributed by atoms with Crippen LogP contribution in [0.5, 0.6) is 0 Å². The van der Waals surface area contributed by atoms with E-state index in [-0.39, 0.29) is 10.6 Å². The van der Waals surface area contributed by atoms with Crippen molar-refractivity contribution in [2.45, 2.75) is 35.3 Å². The van der Waals surface area contributed by atoms with Crippen molar-refractivity contribution < 1.29 is 4.92 Å². The number of thiophene rings is 1. The van der Waals surface area contributed by atoms with Gasteiger partial charge in [-0.3, -0.25) is 10.1 Å². The Bertz CT molecular complexity index is 1220. The first-order valence-electron chi connectivity index (χ1n) is 8.75. The summed E-state index contributed by atoms with van der Waals surface area (Å²) in [4.78, 5) is 17.8.